The van der Waals surface area contributed by atoms with Crippen molar-refractivity contribution in [2.45, 2.75) is 30.7 Å². The van der Waals surface area contributed by atoms with Gasteiger partial charge in [0.1, 0.15) is 13.2 Å². The second-order valence-electron chi connectivity index (χ2n) is 6.99. The zero-order chi connectivity index (χ0) is 17.4. The van der Waals surface area contributed by atoms with Gasteiger partial charge in [0.15, 0.2) is 11.5 Å². The Hall–Kier alpha value is -2.28. The molecule has 2 aliphatic heterocycles. The lowest BCUT2D eigenvalue weighted by Gasteiger charge is -2.27. The quantitative estimate of drug-likeness (QED) is 0.834. The van der Waals surface area contributed by atoms with Crippen LogP contribution in [0, 0.1) is 5.92 Å². The third kappa shape index (κ3) is 3.28. The summed E-state index contributed by atoms with van der Waals surface area (Å²) in [6, 6.07) is 5.79. The molecule has 0 bridgehead atoms. The molecule has 7 heteroatoms. The highest BCUT2D eigenvalue weighted by Crippen LogP contribution is 2.49. The number of carbonyl (C=O) groups is 2. The van der Waals surface area contributed by atoms with Crippen LogP contribution in [0.2, 0.25) is 0 Å². The molecule has 1 aromatic rings. The van der Waals surface area contributed by atoms with Crippen LogP contribution in [0.1, 0.15) is 30.7 Å². The lowest BCUT2D eigenvalue weighted by molar-refractivity contribution is -0.139. The second kappa shape index (κ2) is 6.22. The molecule has 3 atom stereocenters. The maximum absolute atomic E-state index is 12.6. The van der Waals surface area contributed by atoms with Gasteiger partial charge in [0.25, 0.3) is 0 Å². The highest BCUT2D eigenvalue weighted by atomic mass is 16.6. The third-order valence-corrected chi connectivity index (χ3v) is 5.10. The molecular weight excluding hydrogens is 326 g/mol. The van der Waals surface area contributed by atoms with Crippen LogP contribution in [0.4, 0.5) is 0 Å². The molecule has 0 aromatic heterocycles. The number of aliphatic carboxylic acids is 1. The number of rotatable bonds is 5. The number of amides is 1. The monoisotopic (exact) mass is 347 g/mol. The predicted molar refractivity (Wildman–Crippen MR) is 86.8 cm³/mol. The van der Waals surface area contributed by atoms with Gasteiger partial charge < -0.3 is 24.6 Å². The maximum atomic E-state index is 12.6. The van der Waals surface area contributed by atoms with E-state index in [2.05, 4.69) is 5.32 Å². The molecule has 7 nitrogen and oxygen atoms in total. The molecule has 2 heterocycles. The van der Waals surface area contributed by atoms with Crippen molar-refractivity contribution in [3.8, 4) is 11.5 Å². The Labute approximate surface area is 145 Å². The number of carboxylic acids is 1. The van der Waals surface area contributed by atoms with E-state index in [0.29, 0.717) is 26.2 Å². The number of benzene rings is 1. The SMILES string of the molecule is O=C(O)CC1(NC(=O)C2CC2c2ccc3c(c2)OCCO3)CCOC1. The molecule has 1 aliphatic carbocycles. The lowest BCUT2D eigenvalue weighted by Crippen LogP contribution is -2.51. The zero-order valence-electron chi connectivity index (χ0n) is 13.8. The summed E-state index contributed by atoms with van der Waals surface area (Å²) in [5.41, 5.74) is 0.280. The Balaban J connectivity index is 1.42. The number of hydrogen-bond donors (Lipinski definition) is 2. The van der Waals surface area contributed by atoms with E-state index in [1.807, 2.05) is 18.2 Å². The second-order valence-corrected chi connectivity index (χ2v) is 6.99. The van der Waals surface area contributed by atoms with Crippen molar-refractivity contribution in [1.82, 2.24) is 5.32 Å². The van der Waals surface area contributed by atoms with E-state index < -0.39 is 11.5 Å². The minimum atomic E-state index is -0.926. The van der Waals surface area contributed by atoms with Crippen LogP contribution in [-0.4, -0.2) is 48.9 Å². The Kier molecular flexibility index (Phi) is 4.03. The fourth-order valence-electron chi connectivity index (χ4n) is 3.68. The van der Waals surface area contributed by atoms with Gasteiger partial charge in [-0.2, -0.15) is 0 Å². The minimum Gasteiger partial charge on any atom is -0.486 e. The van der Waals surface area contributed by atoms with E-state index >= 15 is 0 Å². The number of ether oxygens (including phenoxy) is 3. The lowest BCUT2D eigenvalue weighted by atomic mass is 9.94. The van der Waals surface area contributed by atoms with Crippen molar-refractivity contribution in [3.05, 3.63) is 23.8 Å². The molecular formula is C18H21NO6. The standard InChI is InChI=1S/C18H21NO6/c20-16(21)9-18(3-4-23-10-18)19-17(22)13-8-12(13)11-1-2-14-15(7-11)25-6-5-24-14/h1-2,7,12-13H,3-6,8-10H2,(H,19,22)(H,20,21). The van der Waals surface area contributed by atoms with Crippen LogP contribution in [0.3, 0.4) is 0 Å². The Bertz CT molecular complexity index is 697. The van der Waals surface area contributed by atoms with Crippen LogP contribution in [0.25, 0.3) is 0 Å². The van der Waals surface area contributed by atoms with Gasteiger partial charge in [0.2, 0.25) is 5.91 Å². The van der Waals surface area contributed by atoms with Crippen molar-refractivity contribution in [3.63, 3.8) is 0 Å². The summed E-state index contributed by atoms with van der Waals surface area (Å²) in [4.78, 5) is 23.7. The van der Waals surface area contributed by atoms with E-state index in [1.54, 1.807) is 0 Å². The van der Waals surface area contributed by atoms with Gasteiger partial charge in [0, 0.05) is 12.5 Å². The van der Waals surface area contributed by atoms with Crippen molar-refractivity contribution < 1.29 is 28.9 Å². The topological polar surface area (TPSA) is 94.1 Å². The third-order valence-electron chi connectivity index (χ3n) is 5.10. The molecule has 0 radical (unpaired) electrons. The van der Waals surface area contributed by atoms with Gasteiger partial charge >= 0.3 is 5.97 Å². The number of carbonyl (C=O) groups excluding carboxylic acids is 1. The Morgan fingerprint density at radius 1 is 1.20 bits per heavy atom. The maximum Gasteiger partial charge on any atom is 0.305 e. The summed E-state index contributed by atoms with van der Waals surface area (Å²) in [5, 5.41) is 12.1. The molecule has 1 aromatic carbocycles. The summed E-state index contributed by atoms with van der Waals surface area (Å²) in [6.07, 6.45) is 1.18. The molecule has 134 valence electrons. The smallest absolute Gasteiger partial charge is 0.305 e. The first kappa shape index (κ1) is 16.2. The van der Waals surface area contributed by atoms with Gasteiger partial charge in [-0.3, -0.25) is 9.59 Å². The largest absolute Gasteiger partial charge is 0.486 e. The van der Waals surface area contributed by atoms with E-state index in [-0.39, 0.29) is 30.8 Å². The Morgan fingerprint density at radius 3 is 2.72 bits per heavy atom. The summed E-state index contributed by atoms with van der Waals surface area (Å²) in [7, 11) is 0. The highest BCUT2D eigenvalue weighted by molar-refractivity contribution is 5.84. The van der Waals surface area contributed by atoms with Gasteiger partial charge in [0.05, 0.1) is 18.6 Å². The van der Waals surface area contributed by atoms with Crippen molar-refractivity contribution >= 4 is 11.9 Å². The van der Waals surface area contributed by atoms with Gasteiger partial charge in [-0.1, -0.05) is 6.07 Å². The number of fused-ring (bicyclic) bond motifs is 1. The van der Waals surface area contributed by atoms with Crippen molar-refractivity contribution in [2.24, 2.45) is 5.92 Å². The summed E-state index contributed by atoms with van der Waals surface area (Å²) >= 11 is 0. The van der Waals surface area contributed by atoms with Crippen LogP contribution in [0.15, 0.2) is 18.2 Å². The first-order valence-electron chi connectivity index (χ1n) is 8.57. The van der Waals surface area contributed by atoms with E-state index in [9.17, 15) is 9.59 Å². The van der Waals surface area contributed by atoms with Crippen molar-refractivity contribution in [2.75, 3.05) is 26.4 Å². The van der Waals surface area contributed by atoms with Gasteiger partial charge in [-0.15, -0.1) is 0 Å². The molecule has 2 N–H and O–H groups in total. The average Bonchev–Trinajstić information content (AvgIpc) is 3.28. The number of carboxylic acid groups (broad SMARTS) is 1. The van der Waals surface area contributed by atoms with Crippen LogP contribution in [-0.2, 0) is 14.3 Å². The Morgan fingerprint density at radius 2 is 2.00 bits per heavy atom. The summed E-state index contributed by atoms with van der Waals surface area (Å²) in [5.74, 6) is 0.451. The average molecular weight is 347 g/mol. The summed E-state index contributed by atoms with van der Waals surface area (Å²) in [6.45, 7) is 1.81. The predicted octanol–water partition coefficient (Wildman–Crippen LogP) is 1.31. The molecule has 4 rings (SSSR count). The highest BCUT2D eigenvalue weighted by Gasteiger charge is 2.48. The first-order valence-corrected chi connectivity index (χ1v) is 8.57. The fourth-order valence-corrected chi connectivity index (χ4v) is 3.68. The minimum absolute atomic E-state index is 0.0911. The summed E-state index contributed by atoms with van der Waals surface area (Å²) < 4.78 is 16.4. The van der Waals surface area contributed by atoms with E-state index in [1.165, 1.54) is 0 Å². The van der Waals surface area contributed by atoms with Gasteiger partial charge in [-0.05, 0) is 36.5 Å². The van der Waals surface area contributed by atoms with E-state index in [4.69, 9.17) is 19.3 Å². The molecule has 1 saturated carbocycles. The van der Waals surface area contributed by atoms with Crippen molar-refractivity contribution in [1.29, 1.82) is 0 Å². The van der Waals surface area contributed by atoms with Crippen LogP contribution in [0.5, 0.6) is 11.5 Å². The number of hydrogen-bond acceptors (Lipinski definition) is 5. The molecule has 3 aliphatic rings. The van der Waals surface area contributed by atoms with Crippen LogP contribution < -0.4 is 14.8 Å². The fraction of sp³-hybridized carbons (Fsp3) is 0.556. The van der Waals surface area contributed by atoms with E-state index in [0.717, 1.165) is 23.5 Å². The molecule has 1 saturated heterocycles. The zero-order valence-corrected chi connectivity index (χ0v) is 13.8. The normalized spacial score (nSPS) is 29.9. The van der Waals surface area contributed by atoms with Gasteiger partial charge in [-0.25, -0.2) is 0 Å². The molecule has 2 fully saturated rings. The number of nitrogens with one attached hydrogen (secondary N) is 1. The first-order chi connectivity index (χ1) is 12.1. The molecule has 1 amide bonds. The molecule has 3 unspecified atom stereocenters. The molecule has 25 heavy (non-hydrogen) atoms. The molecule has 0 spiro atoms. The van der Waals surface area contributed by atoms with Crippen LogP contribution >= 0.6 is 0 Å².